The lowest BCUT2D eigenvalue weighted by atomic mass is 10.3. The summed E-state index contributed by atoms with van der Waals surface area (Å²) >= 11 is 4.76. The molecule has 0 atom stereocenters. The van der Waals surface area contributed by atoms with Gasteiger partial charge in [0.25, 0.3) is 0 Å². The van der Waals surface area contributed by atoms with Gasteiger partial charge in [-0.2, -0.15) is 4.80 Å². The minimum absolute atomic E-state index is 0.211. The van der Waals surface area contributed by atoms with E-state index >= 15 is 0 Å². The van der Waals surface area contributed by atoms with Gasteiger partial charge in [0, 0.05) is 0 Å². The van der Waals surface area contributed by atoms with E-state index in [0.29, 0.717) is 4.77 Å². The van der Waals surface area contributed by atoms with Crippen molar-refractivity contribution in [2.24, 2.45) is 0 Å². The zero-order valence-corrected chi connectivity index (χ0v) is 7.32. The molecule has 0 radical (unpaired) electrons. The van der Waals surface area contributed by atoms with E-state index in [0.717, 1.165) is 5.69 Å². The van der Waals surface area contributed by atoms with Gasteiger partial charge in [-0.05, 0) is 41.7 Å². The van der Waals surface area contributed by atoms with Crippen LogP contribution in [0.2, 0.25) is 0 Å². The van der Waals surface area contributed by atoms with Crippen molar-refractivity contribution in [3.8, 4) is 11.4 Å². The third-order valence-corrected chi connectivity index (χ3v) is 1.69. The largest absolute Gasteiger partial charge is 0.508 e. The molecular weight excluding hydrogens is 188 g/mol. The molecule has 0 aliphatic heterocycles. The second-order valence-electron chi connectivity index (χ2n) is 2.43. The van der Waals surface area contributed by atoms with Crippen molar-refractivity contribution in [2.75, 3.05) is 0 Å². The van der Waals surface area contributed by atoms with Crippen molar-refractivity contribution < 1.29 is 5.11 Å². The summed E-state index contributed by atoms with van der Waals surface area (Å²) in [5, 5.41) is 19.1. The lowest BCUT2D eigenvalue weighted by Gasteiger charge is -1.97. The second kappa shape index (κ2) is 2.98. The molecule has 1 aromatic carbocycles. The molecule has 0 aliphatic carbocycles. The number of tetrazole rings is 1. The normalized spacial score (nSPS) is 10.2. The van der Waals surface area contributed by atoms with E-state index in [2.05, 4.69) is 15.4 Å². The summed E-state index contributed by atoms with van der Waals surface area (Å²) in [6.45, 7) is 0. The van der Waals surface area contributed by atoms with E-state index < -0.39 is 0 Å². The van der Waals surface area contributed by atoms with Crippen molar-refractivity contribution in [3.63, 3.8) is 0 Å². The maximum absolute atomic E-state index is 9.03. The Kier molecular flexibility index (Phi) is 1.82. The molecule has 2 aromatic rings. The van der Waals surface area contributed by atoms with Crippen LogP contribution in [-0.2, 0) is 0 Å². The van der Waals surface area contributed by atoms with Crippen molar-refractivity contribution in [3.05, 3.63) is 29.0 Å². The van der Waals surface area contributed by atoms with Crippen LogP contribution in [-0.4, -0.2) is 25.3 Å². The van der Waals surface area contributed by atoms with E-state index in [1.807, 2.05) is 0 Å². The van der Waals surface area contributed by atoms with Crippen LogP contribution in [0.15, 0.2) is 24.3 Å². The zero-order chi connectivity index (χ0) is 9.26. The van der Waals surface area contributed by atoms with Gasteiger partial charge in [-0.15, -0.1) is 0 Å². The van der Waals surface area contributed by atoms with E-state index in [1.165, 1.54) is 4.80 Å². The van der Waals surface area contributed by atoms with Gasteiger partial charge in [0.15, 0.2) is 0 Å². The maximum atomic E-state index is 9.03. The van der Waals surface area contributed by atoms with Crippen LogP contribution in [0.4, 0.5) is 0 Å². The fraction of sp³-hybridized carbons (Fsp3) is 0. The molecule has 0 saturated carbocycles. The first kappa shape index (κ1) is 7.93. The van der Waals surface area contributed by atoms with Crippen LogP contribution in [0.1, 0.15) is 0 Å². The number of H-pyrrole nitrogens is 1. The zero-order valence-electron chi connectivity index (χ0n) is 6.51. The Labute approximate surface area is 78.6 Å². The van der Waals surface area contributed by atoms with Crippen molar-refractivity contribution in [1.29, 1.82) is 0 Å². The number of nitrogens with zero attached hydrogens (tertiary/aromatic N) is 3. The highest BCUT2D eigenvalue weighted by Gasteiger charge is 1.96. The summed E-state index contributed by atoms with van der Waals surface area (Å²) in [5.41, 5.74) is 0.765. The monoisotopic (exact) mass is 194 g/mol. The molecule has 1 aromatic heterocycles. The molecule has 2 N–H and O–H groups in total. The van der Waals surface area contributed by atoms with Gasteiger partial charge in [0.2, 0.25) is 4.77 Å². The number of phenolic OH excluding ortho intramolecular Hbond substituents is 1. The minimum Gasteiger partial charge on any atom is -0.508 e. The van der Waals surface area contributed by atoms with Gasteiger partial charge >= 0.3 is 0 Å². The molecule has 0 saturated heterocycles. The van der Waals surface area contributed by atoms with E-state index in [-0.39, 0.29) is 5.75 Å². The summed E-state index contributed by atoms with van der Waals surface area (Å²) in [4.78, 5) is 1.43. The highest BCUT2D eigenvalue weighted by atomic mass is 32.1. The van der Waals surface area contributed by atoms with Gasteiger partial charge < -0.3 is 5.11 Å². The highest BCUT2D eigenvalue weighted by Crippen LogP contribution is 2.11. The number of hydrogen-bond donors (Lipinski definition) is 2. The Balaban J connectivity index is 2.47. The lowest BCUT2D eigenvalue weighted by molar-refractivity contribution is 0.475. The van der Waals surface area contributed by atoms with Gasteiger partial charge in [-0.1, -0.05) is 5.10 Å². The average molecular weight is 194 g/mol. The third-order valence-electron chi connectivity index (χ3n) is 1.52. The van der Waals surface area contributed by atoms with Crippen molar-refractivity contribution >= 4 is 12.2 Å². The topological polar surface area (TPSA) is 66.7 Å². The van der Waals surface area contributed by atoms with Gasteiger partial charge in [-0.3, -0.25) is 0 Å². The molecule has 2 rings (SSSR count). The Hall–Kier alpha value is -1.69. The van der Waals surface area contributed by atoms with Crippen LogP contribution in [0, 0.1) is 4.77 Å². The Morgan fingerprint density at radius 1 is 1.31 bits per heavy atom. The standard InChI is InChI=1S/C7H6N4OS/c12-6-3-1-5(2-4-6)11-9-7(13)8-10-11/h1-4,12H,(H,9,13). The number of benzene rings is 1. The van der Waals surface area contributed by atoms with Gasteiger partial charge in [0.05, 0.1) is 5.69 Å². The molecule has 0 amide bonds. The first-order valence-electron chi connectivity index (χ1n) is 3.57. The molecule has 13 heavy (non-hydrogen) atoms. The molecule has 0 fully saturated rings. The maximum Gasteiger partial charge on any atom is 0.236 e. The smallest absolute Gasteiger partial charge is 0.236 e. The fourth-order valence-corrected chi connectivity index (χ4v) is 1.05. The van der Waals surface area contributed by atoms with Crippen molar-refractivity contribution in [1.82, 2.24) is 20.2 Å². The number of aromatic nitrogens is 4. The Bertz CT molecular complexity index is 458. The number of aromatic hydroxyl groups is 1. The molecule has 0 spiro atoms. The molecule has 6 heteroatoms. The predicted molar refractivity (Wildman–Crippen MR) is 48.2 cm³/mol. The van der Waals surface area contributed by atoms with Crippen LogP contribution in [0.3, 0.4) is 0 Å². The van der Waals surface area contributed by atoms with Crippen LogP contribution >= 0.6 is 12.2 Å². The second-order valence-corrected chi connectivity index (χ2v) is 2.82. The summed E-state index contributed by atoms with van der Waals surface area (Å²) in [7, 11) is 0. The third kappa shape index (κ3) is 1.57. The van der Waals surface area contributed by atoms with E-state index in [4.69, 9.17) is 17.3 Å². The molecule has 1 heterocycles. The predicted octanol–water partition coefficient (Wildman–Crippen LogP) is 1.03. The van der Waals surface area contributed by atoms with Gasteiger partial charge in [0.1, 0.15) is 5.75 Å². The first-order valence-corrected chi connectivity index (χ1v) is 3.98. The first-order chi connectivity index (χ1) is 6.25. The number of nitrogens with one attached hydrogen (secondary N) is 1. The average Bonchev–Trinajstić information content (AvgIpc) is 2.53. The summed E-state index contributed by atoms with van der Waals surface area (Å²) in [6.07, 6.45) is 0. The number of phenols is 1. The minimum atomic E-state index is 0.211. The molecule has 66 valence electrons. The SMILES string of the molecule is Oc1ccc(-n2nnc(=S)[nH]2)cc1. The van der Waals surface area contributed by atoms with E-state index in [1.54, 1.807) is 24.3 Å². The molecule has 0 unspecified atom stereocenters. The summed E-state index contributed by atoms with van der Waals surface area (Å²) < 4.78 is 0.327. The summed E-state index contributed by atoms with van der Waals surface area (Å²) in [5.74, 6) is 0.211. The van der Waals surface area contributed by atoms with Crippen LogP contribution in [0.5, 0.6) is 5.75 Å². The number of hydrogen-bond acceptors (Lipinski definition) is 4. The van der Waals surface area contributed by atoms with Crippen LogP contribution < -0.4 is 0 Å². The van der Waals surface area contributed by atoms with Crippen molar-refractivity contribution in [2.45, 2.75) is 0 Å². The highest BCUT2D eigenvalue weighted by molar-refractivity contribution is 7.71. The van der Waals surface area contributed by atoms with Gasteiger partial charge in [-0.25, -0.2) is 5.10 Å². The number of rotatable bonds is 1. The Morgan fingerprint density at radius 3 is 2.54 bits per heavy atom. The summed E-state index contributed by atoms with van der Waals surface area (Å²) in [6, 6.07) is 6.53. The molecule has 0 aliphatic rings. The quantitative estimate of drug-likeness (QED) is 0.665. The lowest BCUT2D eigenvalue weighted by Crippen LogP contribution is -1.97. The van der Waals surface area contributed by atoms with E-state index in [9.17, 15) is 0 Å². The fourth-order valence-electron chi connectivity index (χ4n) is 0.931. The molecular formula is C7H6N4OS. The van der Waals surface area contributed by atoms with Crippen LogP contribution in [0.25, 0.3) is 5.69 Å². The molecule has 0 bridgehead atoms. The Morgan fingerprint density at radius 2 is 2.00 bits per heavy atom. The number of aromatic amines is 1. The molecule has 5 nitrogen and oxygen atoms in total.